The van der Waals surface area contributed by atoms with Crippen LogP contribution < -0.4 is 0 Å². The zero-order chi connectivity index (χ0) is 20.6. The van der Waals surface area contributed by atoms with E-state index in [1.54, 1.807) is 42.2 Å². The first kappa shape index (κ1) is 19.6. The first-order chi connectivity index (χ1) is 13.9. The van der Waals surface area contributed by atoms with Crippen molar-refractivity contribution in [2.75, 3.05) is 13.1 Å². The lowest BCUT2D eigenvalue weighted by Crippen LogP contribution is -2.36. The van der Waals surface area contributed by atoms with E-state index in [9.17, 15) is 13.2 Å². The molecule has 4 rings (SSSR count). The molecule has 0 spiro atoms. The van der Waals surface area contributed by atoms with E-state index in [0.29, 0.717) is 29.6 Å². The molecule has 0 radical (unpaired) electrons. The summed E-state index contributed by atoms with van der Waals surface area (Å²) in [6, 6.07) is 12.4. The summed E-state index contributed by atoms with van der Waals surface area (Å²) in [4.78, 5) is 19.7. The van der Waals surface area contributed by atoms with Gasteiger partial charge in [0.25, 0.3) is 5.91 Å². The van der Waals surface area contributed by atoms with Crippen molar-refractivity contribution in [3.05, 3.63) is 65.4 Å². The summed E-state index contributed by atoms with van der Waals surface area (Å²) in [5, 5.41) is 0.482. The molecule has 1 saturated heterocycles. The number of para-hydroxylation sites is 1. The largest absolute Gasteiger partial charge is 0.339 e. The zero-order valence-corrected chi connectivity index (χ0v) is 17.5. The third-order valence-electron chi connectivity index (χ3n) is 5.49. The van der Waals surface area contributed by atoms with Gasteiger partial charge in [0.2, 0.25) is 9.84 Å². The Morgan fingerprint density at radius 1 is 1.00 bits per heavy atom. The van der Waals surface area contributed by atoms with Crippen molar-refractivity contribution in [3.63, 3.8) is 0 Å². The lowest BCUT2D eigenvalue weighted by molar-refractivity contribution is 0.0720. The average molecular weight is 409 g/mol. The highest BCUT2D eigenvalue weighted by Crippen LogP contribution is 2.33. The number of aryl methyl sites for hydroxylation is 2. The number of benzene rings is 2. The molecule has 1 aliphatic rings. The lowest BCUT2D eigenvalue weighted by Gasteiger charge is -2.27. The molecule has 0 aliphatic carbocycles. The topological polar surface area (TPSA) is 67.3 Å². The van der Waals surface area contributed by atoms with Crippen LogP contribution in [0.25, 0.3) is 10.9 Å². The summed E-state index contributed by atoms with van der Waals surface area (Å²) in [7, 11) is -3.91. The van der Waals surface area contributed by atoms with Crippen LogP contribution in [0, 0.1) is 13.8 Å². The summed E-state index contributed by atoms with van der Waals surface area (Å²) in [6.45, 7) is 5.01. The highest BCUT2D eigenvalue weighted by atomic mass is 32.2. The smallest absolute Gasteiger partial charge is 0.256 e. The van der Waals surface area contributed by atoms with E-state index in [4.69, 9.17) is 0 Å². The molecule has 0 unspecified atom stereocenters. The average Bonchev–Trinajstić information content (AvgIpc) is 2.72. The first-order valence-corrected chi connectivity index (χ1v) is 11.4. The highest BCUT2D eigenvalue weighted by Gasteiger charge is 2.31. The number of sulfone groups is 1. The number of amides is 1. The minimum absolute atomic E-state index is 0.0608. The molecular weight excluding hydrogens is 384 g/mol. The maximum absolute atomic E-state index is 13.8. The number of carbonyl (C=O) groups is 1. The van der Waals surface area contributed by atoms with Gasteiger partial charge in [-0.25, -0.2) is 8.42 Å². The van der Waals surface area contributed by atoms with Crippen LogP contribution in [-0.2, 0) is 9.84 Å². The van der Waals surface area contributed by atoms with E-state index >= 15 is 0 Å². The molecule has 0 bridgehead atoms. The van der Waals surface area contributed by atoms with Crippen molar-refractivity contribution in [3.8, 4) is 0 Å². The van der Waals surface area contributed by atoms with Crippen LogP contribution in [0.4, 0.5) is 0 Å². The molecule has 1 aromatic heterocycles. The summed E-state index contributed by atoms with van der Waals surface area (Å²) in [6.07, 6.45) is 4.39. The van der Waals surface area contributed by atoms with E-state index in [2.05, 4.69) is 4.98 Å². The van der Waals surface area contributed by atoms with Gasteiger partial charge in [-0.3, -0.25) is 9.78 Å². The van der Waals surface area contributed by atoms with Gasteiger partial charge in [0.05, 0.1) is 20.9 Å². The number of hydrogen-bond donors (Lipinski definition) is 0. The third-order valence-corrected chi connectivity index (χ3v) is 7.50. The van der Waals surface area contributed by atoms with Crippen LogP contribution in [0.2, 0.25) is 0 Å². The second-order valence-corrected chi connectivity index (χ2v) is 9.50. The molecule has 2 heterocycles. The molecule has 6 heteroatoms. The van der Waals surface area contributed by atoms with E-state index in [0.717, 1.165) is 24.8 Å². The van der Waals surface area contributed by atoms with Crippen LogP contribution in [0.3, 0.4) is 0 Å². The van der Waals surface area contributed by atoms with Crippen molar-refractivity contribution >= 4 is 26.6 Å². The Balaban J connectivity index is 1.97. The molecular formula is C23H24N2O3S. The van der Waals surface area contributed by atoms with Crippen LogP contribution >= 0.6 is 0 Å². The Labute approximate surface area is 171 Å². The second kappa shape index (κ2) is 7.59. The Bertz CT molecular complexity index is 1200. The fourth-order valence-corrected chi connectivity index (χ4v) is 5.88. The Kier molecular flexibility index (Phi) is 5.13. The normalized spacial score (nSPS) is 14.9. The summed E-state index contributed by atoms with van der Waals surface area (Å²) in [5.74, 6) is -0.258. The quantitative estimate of drug-likeness (QED) is 0.648. The van der Waals surface area contributed by atoms with E-state index in [-0.39, 0.29) is 21.3 Å². The number of aromatic nitrogens is 1. The molecule has 0 N–H and O–H groups in total. The van der Waals surface area contributed by atoms with Crippen LogP contribution in [0.5, 0.6) is 0 Å². The number of piperidine rings is 1. The van der Waals surface area contributed by atoms with Crippen molar-refractivity contribution in [1.29, 1.82) is 0 Å². The van der Waals surface area contributed by atoms with Crippen molar-refractivity contribution in [1.82, 2.24) is 9.88 Å². The summed E-state index contributed by atoms with van der Waals surface area (Å²) in [5.41, 5.74) is 2.38. The zero-order valence-electron chi connectivity index (χ0n) is 16.7. The minimum Gasteiger partial charge on any atom is -0.339 e. The standard InChI is InChI=1S/C23H24N2O3S/c1-16-10-11-21(17(2)14-16)29(27,28)22-18-8-4-5-9-20(18)24-15-19(22)23(26)25-12-6-3-7-13-25/h4-5,8-11,14-15H,3,6-7,12-13H2,1-2H3. The fourth-order valence-electron chi connectivity index (χ4n) is 4.04. The molecule has 0 atom stereocenters. The molecule has 1 amide bonds. The van der Waals surface area contributed by atoms with Gasteiger partial charge in [-0.1, -0.05) is 35.9 Å². The minimum atomic E-state index is -3.91. The molecule has 2 aromatic carbocycles. The van der Waals surface area contributed by atoms with Crippen LogP contribution in [0.1, 0.15) is 40.7 Å². The highest BCUT2D eigenvalue weighted by molar-refractivity contribution is 7.91. The third kappa shape index (κ3) is 3.53. The van der Waals surface area contributed by atoms with Gasteiger partial charge in [-0.05, 0) is 50.8 Å². The van der Waals surface area contributed by atoms with Gasteiger partial charge in [0, 0.05) is 24.7 Å². The molecule has 5 nitrogen and oxygen atoms in total. The number of fused-ring (bicyclic) bond motifs is 1. The lowest BCUT2D eigenvalue weighted by atomic mass is 10.1. The number of rotatable bonds is 3. The van der Waals surface area contributed by atoms with Gasteiger partial charge in [-0.2, -0.15) is 0 Å². The van der Waals surface area contributed by atoms with Gasteiger partial charge >= 0.3 is 0 Å². The molecule has 1 fully saturated rings. The number of carbonyl (C=O) groups excluding carboxylic acids is 1. The van der Waals surface area contributed by atoms with Crippen molar-refractivity contribution < 1.29 is 13.2 Å². The molecule has 150 valence electrons. The molecule has 1 aliphatic heterocycles. The maximum Gasteiger partial charge on any atom is 0.256 e. The van der Waals surface area contributed by atoms with Crippen LogP contribution in [0.15, 0.2) is 58.5 Å². The fraction of sp³-hybridized carbons (Fsp3) is 0.304. The van der Waals surface area contributed by atoms with Crippen LogP contribution in [-0.4, -0.2) is 37.3 Å². The molecule has 29 heavy (non-hydrogen) atoms. The summed E-state index contributed by atoms with van der Waals surface area (Å²) >= 11 is 0. The van der Waals surface area contributed by atoms with E-state index in [1.807, 2.05) is 19.1 Å². The van der Waals surface area contributed by atoms with Crippen molar-refractivity contribution in [2.45, 2.75) is 42.9 Å². The Hall–Kier alpha value is -2.73. The Morgan fingerprint density at radius 2 is 1.72 bits per heavy atom. The molecule has 0 saturated carbocycles. The SMILES string of the molecule is Cc1ccc(S(=O)(=O)c2c(C(=O)N3CCCCC3)cnc3ccccc23)c(C)c1. The van der Waals surface area contributed by atoms with Crippen molar-refractivity contribution in [2.24, 2.45) is 0 Å². The van der Waals surface area contributed by atoms with Gasteiger partial charge in [-0.15, -0.1) is 0 Å². The molecule has 3 aromatic rings. The second-order valence-electron chi connectivity index (χ2n) is 7.64. The Morgan fingerprint density at radius 3 is 2.45 bits per heavy atom. The van der Waals surface area contributed by atoms with Gasteiger partial charge < -0.3 is 4.90 Å². The maximum atomic E-state index is 13.8. The number of nitrogens with zero attached hydrogens (tertiary/aromatic N) is 2. The monoisotopic (exact) mass is 408 g/mol. The van der Waals surface area contributed by atoms with E-state index in [1.165, 1.54) is 6.20 Å². The van der Waals surface area contributed by atoms with Gasteiger partial charge in [0.15, 0.2) is 0 Å². The number of pyridine rings is 1. The predicted molar refractivity (Wildman–Crippen MR) is 113 cm³/mol. The number of hydrogen-bond acceptors (Lipinski definition) is 4. The van der Waals surface area contributed by atoms with E-state index < -0.39 is 9.84 Å². The number of likely N-dealkylation sites (tertiary alicyclic amines) is 1. The van der Waals surface area contributed by atoms with Gasteiger partial charge in [0.1, 0.15) is 0 Å². The first-order valence-electron chi connectivity index (χ1n) is 9.89. The predicted octanol–water partition coefficient (Wildman–Crippen LogP) is 4.31. The summed E-state index contributed by atoms with van der Waals surface area (Å²) < 4.78 is 27.6.